The van der Waals surface area contributed by atoms with Gasteiger partial charge in [-0.1, -0.05) is 24.3 Å². The molecular formula is C14H16N4O. The smallest absolute Gasteiger partial charge is 0.225 e. The quantitative estimate of drug-likeness (QED) is 0.761. The molecule has 2 aromatic rings. The van der Waals surface area contributed by atoms with Crippen LogP contribution in [0.4, 0.5) is 0 Å². The first-order chi connectivity index (χ1) is 9.33. The van der Waals surface area contributed by atoms with E-state index in [4.69, 9.17) is 0 Å². The molecule has 5 heteroatoms. The van der Waals surface area contributed by atoms with Gasteiger partial charge >= 0.3 is 0 Å². The van der Waals surface area contributed by atoms with Gasteiger partial charge < -0.3 is 10.6 Å². The van der Waals surface area contributed by atoms with E-state index in [2.05, 4.69) is 20.8 Å². The molecule has 1 amide bonds. The van der Waals surface area contributed by atoms with Gasteiger partial charge in [0.05, 0.1) is 11.6 Å². The van der Waals surface area contributed by atoms with Gasteiger partial charge in [-0.25, -0.2) is 0 Å². The molecule has 1 saturated heterocycles. The fraction of sp³-hybridized carbons (Fsp3) is 0.286. The number of carbonyl (C=O) groups excluding carboxylic acids is 1. The summed E-state index contributed by atoms with van der Waals surface area (Å²) in [5, 5.41) is 12.9. The number of amides is 1. The summed E-state index contributed by atoms with van der Waals surface area (Å²) in [5.74, 6) is 0.278. The molecule has 2 heterocycles. The van der Waals surface area contributed by atoms with Crippen molar-refractivity contribution in [3.63, 3.8) is 0 Å². The topological polar surface area (TPSA) is 69.8 Å². The summed E-state index contributed by atoms with van der Waals surface area (Å²) in [5.41, 5.74) is 3.19. The van der Waals surface area contributed by atoms with Gasteiger partial charge in [-0.3, -0.25) is 9.89 Å². The molecule has 19 heavy (non-hydrogen) atoms. The van der Waals surface area contributed by atoms with Crippen LogP contribution >= 0.6 is 0 Å². The number of nitrogens with one attached hydrogen (secondary N) is 3. The molecule has 0 saturated carbocycles. The monoisotopic (exact) mass is 256 g/mol. The van der Waals surface area contributed by atoms with Crippen molar-refractivity contribution in [2.24, 2.45) is 5.92 Å². The van der Waals surface area contributed by atoms with Crippen LogP contribution in [0.3, 0.4) is 0 Å². The second kappa shape index (κ2) is 5.24. The van der Waals surface area contributed by atoms with E-state index in [1.54, 1.807) is 6.20 Å². The van der Waals surface area contributed by atoms with E-state index < -0.39 is 0 Å². The van der Waals surface area contributed by atoms with Gasteiger partial charge in [-0.05, 0) is 17.2 Å². The zero-order valence-corrected chi connectivity index (χ0v) is 10.5. The van der Waals surface area contributed by atoms with E-state index >= 15 is 0 Å². The lowest BCUT2D eigenvalue weighted by Gasteiger charge is -2.25. The summed E-state index contributed by atoms with van der Waals surface area (Å²) in [6.07, 6.45) is 1.73. The van der Waals surface area contributed by atoms with Crippen LogP contribution in [0.1, 0.15) is 5.56 Å². The third-order valence-corrected chi connectivity index (χ3v) is 3.38. The Labute approximate surface area is 111 Å². The second-order valence-electron chi connectivity index (χ2n) is 4.74. The van der Waals surface area contributed by atoms with Gasteiger partial charge in [0.15, 0.2) is 0 Å². The van der Waals surface area contributed by atoms with Crippen molar-refractivity contribution in [2.75, 3.05) is 13.1 Å². The summed E-state index contributed by atoms with van der Waals surface area (Å²) in [6.45, 7) is 2.17. The zero-order valence-electron chi connectivity index (χ0n) is 10.5. The van der Waals surface area contributed by atoms with E-state index in [-0.39, 0.29) is 11.8 Å². The summed E-state index contributed by atoms with van der Waals surface area (Å²) in [4.78, 5) is 11.7. The minimum atomic E-state index is 0.136. The van der Waals surface area contributed by atoms with E-state index in [1.165, 1.54) is 0 Å². The standard InChI is InChI=1S/C14H16N4O/c19-14(12-8-15-9-12)16-7-10-1-3-11(4-2-10)13-5-6-17-18-13/h1-6,12,15H,7-9H2,(H,16,19)(H,17,18). The molecular weight excluding hydrogens is 240 g/mol. The fourth-order valence-electron chi connectivity index (χ4n) is 2.03. The van der Waals surface area contributed by atoms with Crippen LogP contribution in [0, 0.1) is 5.92 Å². The Morgan fingerprint density at radius 3 is 2.63 bits per heavy atom. The Morgan fingerprint density at radius 1 is 1.26 bits per heavy atom. The lowest BCUT2D eigenvalue weighted by Crippen LogP contribution is -2.50. The number of H-pyrrole nitrogens is 1. The molecule has 1 fully saturated rings. The van der Waals surface area contributed by atoms with Crippen LogP contribution in [0.25, 0.3) is 11.3 Å². The highest BCUT2D eigenvalue weighted by atomic mass is 16.2. The molecule has 3 N–H and O–H groups in total. The van der Waals surface area contributed by atoms with E-state index in [0.717, 1.165) is 29.9 Å². The van der Waals surface area contributed by atoms with Crippen molar-refractivity contribution in [2.45, 2.75) is 6.54 Å². The highest BCUT2D eigenvalue weighted by Crippen LogP contribution is 2.16. The zero-order chi connectivity index (χ0) is 13.1. The molecule has 1 aliphatic heterocycles. The first-order valence-corrected chi connectivity index (χ1v) is 6.40. The van der Waals surface area contributed by atoms with Crippen LogP contribution in [0.5, 0.6) is 0 Å². The van der Waals surface area contributed by atoms with E-state index in [1.807, 2.05) is 30.3 Å². The molecule has 0 aliphatic carbocycles. The molecule has 1 aromatic carbocycles. The van der Waals surface area contributed by atoms with Crippen LogP contribution in [-0.4, -0.2) is 29.2 Å². The maximum atomic E-state index is 11.7. The van der Waals surface area contributed by atoms with Crippen molar-refractivity contribution < 1.29 is 4.79 Å². The summed E-state index contributed by atoms with van der Waals surface area (Å²) < 4.78 is 0. The first kappa shape index (κ1) is 11.9. The van der Waals surface area contributed by atoms with Crippen molar-refractivity contribution in [3.8, 4) is 11.3 Å². The highest BCUT2D eigenvalue weighted by molar-refractivity contribution is 5.80. The van der Waals surface area contributed by atoms with Crippen molar-refractivity contribution in [1.29, 1.82) is 0 Å². The number of benzene rings is 1. The number of carbonyl (C=O) groups is 1. The maximum absolute atomic E-state index is 11.7. The lowest BCUT2D eigenvalue weighted by molar-refractivity contribution is -0.126. The average molecular weight is 256 g/mol. The number of aromatic nitrogens is 2. The SMILES string of the molecule is O=C(NCc1ccc(-c2ccn[nH]2)cc1)C1CNC1. The normalized spacial score (nSPS) is 14.9. The van der Waals surface area contributed by atoms with Crippen LogP contribution in [-0.2, 0) is 11.3 Å². The molecule has 5 nitrogen and oxygen atoms in total. The van der Waals surface area contributed by atoms with Gasteiger partial charge in [0.25, 0.3) is 0 Å². The largest absolute Gasteiger partial charge is 0.352 e. The Balaban J connectivity index is 1.58. The number of hydrogen-bond acceptors (Lipinski definition) is 3. The van der Waals surface area contributed by atoms with Crippen LogP contribution in [0.2, 0.25) is 0 Å². The first-order valence-electron chi connectivity index (χ1n) is 6.40. The number of aromatic amines is 1. The third kappa shape index (κ3) is 2.66. The van der Waals surface area contributed by atoms with Gasteiger partial charge in [0, 0.05) is 25.8 Å². The molecule has 1 aliphatic rings. The molecule has 0 atom stereocenters. The van der Waals surface area contributed by atoms with Gasteiger partial charge in [-0.15, -0.1) is 0 Å². The van der Waals surface area contributed by atoms with Crippen LogP contribution < -0.4 is 10.6 Å². The molecule has 0 bridgehead atoms. The maximum Gasteiger partial charge on any atom is 0.225 e. The van der Waals surface area contributed by atoms with Crippen molar-refractivity contribution in [3.05, 3.63) is 42.1 Å². The number of hydrogen-bond donors (Lipinski definition) is 3. The van der Waals surface area contributed by atoms with E-state index in [0.29, 0.717) is 6.54 Å². The predicted molar refractivity (Wildman–Crippen MR) is 72.2 cm³/mol. The number of nitrogens with zero attached hydrogens (tertiary/aromatic N) is 1. The molecule has 0 unspecified atom stereocenters. The fourth-order valence-corrected chi connectivity index (χ4v) is 2.03. The Bertz CT molecular complexity index is 543. The van der Waals surface area contributed by atoms with Crippen molar-refractivity contribution >= 4 is 5.91 Å². The molecule has 0 spiro atoms. The molecule has 98 valence electrons. The van der Waals surface area contributed by atoms with Crippen molar-refractivity contribution in [1.82, 2.24) is 20.8 Å². The highest BCUT2D eigenvalue weighted by Gasteiger charge is 2.24. The van der Waals surface area contributed by atoms with Gasteiger partial charge in [0.1, 0.15) is 0 Å². The second-order valence-corrected chi connectivity index (χ2v) is 4.74. The lowest BCUT2D eigenvalue weighted by atomic mass is 10.0. The predicted octanol–water partition coefficient (Wildman–Crippen LogP) is 0.912. The molecule has 1 aromatic heterocycles. The van der Waals surface area contributed by atoms with Gasteiger partial charge in [0.2, 0.25) is 5.91 Å². The molecule has 0 radical (unpaired) electrons. The van der Waals surface area contributed by atoms with Gasteiger partial charge in [-0.2, -0.15) is 5.10 Å². The Kier molecular flexibility index (Phi) is 3.29. The minimum Gasteiger partial charge on any atom is -0.352 e. The third-order valence-electron chi connectivity index (χ3n) is 3.38. The minimum absolute atomic E-state index is 0.136. The summed E-state index contributed by atoms with van der Waals surface area (Å²) in [7, 11) is 0. The average Bonchev–Trinajstić information content (AvgIpc) is 2.89. The Morgan fingerprint density at radius 2 is 2.05 bits per heavy atom. The van der Waals surface area contributed by atoms with Crippen LogP contribution in [0.15, 0.2) is 36.5 Å². The summed E-state index contributed by atoms with van der Waals surface area (Å²) >= 11 is 0. The molecule has 3 rings (SSSR count). The summed E-state index contributed by atoms with van der Waals surface area (Å²) in [6, 6.07) is 10.0. The number of rotatable bonds is 4. The van der Waals surface area contributed by atoms with E-state index in [9.17, 15) is 4.79 Å². The Hall–Kier alpha value is -2.14.